The monoisotopic (exact) mass is 292 g/mol. The SMILES string of the molecule is Cc1ccc(C)c(-c2nc3cc(N4CCCC4)ncc3[nH]2)c1. The highest BCUT2D eigenvalue weighted by Crippen LogP contribution is 2.26. The Morgan fingerprint density at radius 2 is 1.91 bits per heavy atom. The molecular formula is C18H20N4. The molecule has 0 unspecified atom stereocenters. The zero-order valence-electron chi connectivity index (χ0n) is 13.1. The molecule has 1 aliphatic heterocycles. The smallest absolute Gasteiger partial charge is 0.138 e. The molecule has 1 aromatic carbocycles. The van der Waals surface area contributed by atoms with Crippen LogP contribution in [-0.2, 0) is 0 Å². The highest BCUT2D eigenvalue weighted by molar-refractivity contribution is 5.81. The third kappa shape index (κ3) is 2.25. The van der Waals surface area contributed by atoms with Crippen LogP contribution in [-0.4, -0.2) is 28.0 Å². The second-order valence-corrected chi connectivity index (χ2v) is 6.16. The summed E-state index contributed by atoms with van der Waals surface area (Å²) in [5, 5.41) is 0. The number of aromatic amines is 1. The summed E-state index contributed by atoms with van der Waals surface area (Å²) in [6, 6.07) is 8.56. The summed E-state index contributed by atoms with van der Waals surface area (Å²) in [5.74, 6) is 1.97. The molecule has 112 valence electrons. The number of aryl methyl sites for hydroxylation is 2. The van der Waals surface area contributed by atoms with Gasteiger partial charge in [0, 0.05) is 24.7 Å². The minimum atomic E-state index is 0.927. The van der Waals surface area contributed by atoms with Crippen LogP contribution < -0.4 is 4.90 Å². The number of nitrogens with one attached hydrogen (secondary N) is 1. The van der Waals surface area contributed by atoms with Crippen LogP contribution in [0, 0.1) is 13.8 Å². The normalized spacial score (nSPS) is 14.9. The molecule has 3 heterocycles. The van der Waals surface area contributed by atoms with E-state index in [4.69, 9.17) is 4.98 Å². The molecule has 0 radical (unpaired) electrons. The number of nitrogens with zero attached hydrogens (tertiary/aromatic N) is 3. The molecule has 0 aliphatic carbocycles. The molecule has 0 atom stereocenters. The fourth-order valence-corrected chi connectivity index (χ4v) is 3.14. The summed E-state index contributed by atoms with van der Waals surface area (Å²) in [4.78, 5) is 15.1. The van der Waals surface area contributed by atoms with Crippen LogP contribution in [0.15, 0.2) is 30.5 Å². The van der Waals surface area contributed by atoms with Gasteiger partial charge in [0.05, 0.1) is 17.2 Å². The van der Waals surface area contributed by atoms with Gasteiger partial charge < -0.3 is 9.88 Å². The highest BCUT2D eigenvalue weighted by atomic mass is 15.2. The minimum Gasteiger partial charge on any atom is -0.357 e. The Kier molecular flexibility index (Phi) is 3.10. The van der Waals surface area contributed by atoms with Gasteiger partial charge in [-0.2, -0.15) is 0 Å². The lowest BCUT2D eigenvalue weighted by Gasteiger charge is -2.15. The number of pyridine rings is 1. The van der Waals surface area contributed by atoms with E-state index in [0.29, 0.717) is 0 Å². The van der Waals surface area contributed by atoms with Gasteiger partial charge in [-0.15, -0.1) is 0 Å². The molecule has 4 rings (SSSR count). The van der Waals surface area contributed by atoms with Crippen molar-refractivity contribution in [2.75, 3.05) is 18.0 Å². The summed E-state index contributed by atoms with van der Waals surface area (Å²) < 4.78 is 0. The van der Waals surface area contributed by atoms with Crippen molar-refractivity contribution in [2.24, 2.45) is 0 Å². The Bertz CT molecular complexity index is 828. The van der Waals surface area contributed by atoms with Crippen LogP contribution in [0.25, 0.3) is 22.4 Å². The third-order valence-electron chi connectivity index (χ3n) is 4.43. The molecule has 2 aromatic heterocycles. The van der Waals surface area contributed by atoms with Crippen molar-refractivity contribution < 1.29 is 0 Å². The average molecular weight is 292 g/mol. The molecule has 0 amide bonds. The molecule has 1 aliphatic rings. The maximum atomic E-state index is 4.79. The zero-order chi connectivity index (χ0) is 15.1. The highest BCUT2D eigenvalue weighted by Gasteiger charge is 2.15. The van der Waals surface area contributed by atoms with E-state index < -0.39 is 0 Å². The Balaban J connectivity index is 1.78. The number of benzene rings is 1. The van der Waals surface area contributed by atoms with Gasteiger partial charge in [-0.3, -0.25) is 0 Å². The van der Waals surface area contributed by atoms with Crippen molar-refractivity contribution in [3.8, 4) is 11.4 Å². The number of imidazole rings is 1. The molecule has 22 heavy (non-hydrogen) atoms. The maximum Gasteiger partial charge on any atom is 0.138 e. The van der Waals surface area contributed by atoms with Crippen LogP contribution >= 0.6 is 0 Å². The number of rotatable bonds is 2. The molecule has 0 saturated carbocycles. The lowest BCUT2D eigenvalue weighted by Crippen LogP contribution is -2.18. The van der Waals surface area contributed by atoms with E-state index in [-0.39, 0.29) is 0 Å². The predicted octanol–water partition coefficient (Wildman–Crippen LogP) is 3.84. The number of aromatic nitrogens is 3. The summed E-state index contributed by atoms with van der Waals surface area (Å²) in [6.07, 6.45) is 4.42. The van der Waals surface area contributed by atoms with Gasteiger partial charge >= 0.3 is 0 Å². The molecule has 4 heteroatoms. The van der Waals surface area contributed by atoms with Gasteiger partial charge in [-0.1, -0.05) is 17.7 Å². The first-order chi connectivity index (χ1) is 10.7. The molecule has 0 bridgehead atoms. The Morgan fingerprint density at radius 1 is 1.09 bits per heavy atom. The van der Waals surface area contributed by atoms with Crippen molar-refractivity contribution >= 4 is 16.9 Å². The third-order valence-corrected chi connectivity index (χ3v) is 4.43. The van der Waals surface area contributed by atoms with E-state index in [9.17, 15) is 0 Å². The van der Waals surface area contributed by atoms with Crippen molar-refractivity contribution in [3.05, 3.63) is 41.6 Å². The summed E-state index contributed by atoms with van der Waals surface area (Å²) in [5.41, 5.74) is 5.64. The number of fused-ring (bicyclic) bond motifs is 1. The molecule has 1 fully saturated rings. The molecular weight excluding hydrogens is 272 g/mol. The first-order valence-corrected chi connectivity index (χ1v) is 7.89. The van der Waals surface area contributed by atoms with E-state index in [2.05, 4.69) is 53.0 Å². The van der Waals surface area contributed by atoms with Crippen LogP contribution in [0.5, 0.6) is 0 Å². The van der Waals surface area contributed by atoms with Gasteiger partial charge in [0.15, 0.2) is 0 Å². The van der Waals surface area contributed by atoms with Crippen LogP contribution in [0.4, 0.5) is 5.82 Å². The zero-order valence-corrected chi connectivity index (χ0v) is 13.1. The van der Waals surface area contributed by atoms with Crippen molar-refractivity contribution in [3.63, 3.8) is 0 Å². The van der Waals surface area contributed by atoms with Gasteiger partial charge in [0.25, 0.3) is 0 Å². The predicted molar refractivity (Wildman–Crippen MR) is 90.2 cm³/mol. The standard InChI is InChI=1S/C18H20N4/c1-12-5-6-13(2)14(9-12)18-20-15-10-17(19-11-16(15)21-18)22-7-3-4-8-22/h5-6,9-11H,3-4,7-8H2,1-2H3,(H,20,21). The van der Waals surface area contributed by atoms with Crippen LogP contribution in [0.1, 0.15) is 24.0 Å². The summed E-state index contributed by atoms with van der Waals surface area (Å²) >= 11 is 0. The lowest BCUT2D eigenvalue weighted by atomic mass is 10.1. The van der Waals surface area contributed by atoms with Crippen LogP contribution in [0.2, 0.25) is 0 Å². The van der Waals surface area contributed by atoms with E-state index >= 15 is 0 Å². The molecule has 1 N–H and O–H groups in total. The number of H-pyrrole nitrogens is 1. The second kappa shape index (κ2) is 5.13. The topological polar surface area (TPSA) is 44.8 Å². The second-order valence-electron chi connectivity index (χ2n) is 6.16. The number of hydrogen-bond acceptors (Lipinski definition) is 3. The Morgan fingerprint density at radius 3 is 2.73 bits per heavy atom. The molecule has 0 spiro atoms. The number of anilines is 1. The van der Waals surface area contributed by atoms with E-state index in [1.165, 1.54) is 29.5 Å². The fraction of sp³-hybridized carbons (Fsp3) is 0.333. The number of hydrogen-bond donors (Lipinski definition) is 1. The largest absolute Gasteiger partial charge is 0.357 e. The van der Waals surface area contributed by atoms with Gasteiger partial charge in [-0.25, -0.2) is 9.97 Å². The van der Waals surface area contributed by atoms with Crippen LogP contribution in [0.3, 0.4) is 0 Å². The molecule has 4 nitrogen and oxygen atoms in total. The van der Waals surface area contributed by atoms with Crippen molar-refractivity contribution in [2.45, 2.75) is 26.7 Å². The van der Waals surface area contributed by atoms with E-state index in [1.807, 2.05) is 6.20 Å². The van der Waals surface area contributed by atoms with Gasteiger partial charge in [-0.05, 0) is 38.3 Å². The lowest BCUT2D eigenvalue weighted by molar-refractivity contribution is 0.940. The van der Waals surface area contributed by atoms with Gasteiger partial charge in [0.2, 0.25) is 0 Å². The first kappa shape index (κ1) is 13.3. The Hall–Kier alpha value is -2.36. The Labute approximate surface area is 130 Å². The van der Waals surface area contributed by atoms with E-state index in [1.54, 1.807) is 0 Å². The van der Waals surface area contributed by atoms with Crippen molar-refractivity contribution in [1.82, 2.24) is 15.0 Å². The summed E-state index contributed by atoms with van der Waals surface area (Å²) in [7, 11) is 0. The summed E-state index contributed by atoms with van der Waals surface area (Å²) in [6.45, 7) is 6.44. The molecule has 1 saturated heterocycles. The maximum absolute atomic E-state index is 4.79. The minimum absolute atomic E-state index is 0.927. The van der Waals surface area contributed by atoms with Gasteiger partial charge in [0.1, 0.15) is 11.6 Å². The quantitative estimate of drug-likeness (QED) is 0.780. The fourth-order valence-electron chi connectivity index (χ4n) is 3.14. The molecule has 3 aromatic rings. The van der Waals surface area contributed by atoms with E-state index in [0.717, 1.165) is 35.8 Å². The average Bonchev–Trinajstić information content (AvgIpc) is 3.17. The van der Waals surface area contributed by atoms with Crippen molar-refractivity contribution in [1.29, 1.82) is 0 Å². The first-order valence-electron chi connectivity index (χ1n) is 7.89.